The lowest BCUT2D eigenvalue weighted by atomic mass is 10.0. The van der Waals surface area contributed by atoms with Crippen molar-refractivity contribution >= 4 is 33.5 Å². The molecule has 0 radical (unpaired) electrons. The fourth-order valence-corrected chi connectivity index (χ4v) is 4.36. The molecule has 1 aromatic carbocycles. The van der Waals surface area contributed by atoms with E-state index in [1.807, 2.05) is 48.8 Å². The van der Waals surface area contributed by atoms with Crippen molar-refractivity contribution in [1.82, 2.24) is 19.5 Å². The Labute approximate surface area is 168 Å². The molecular weight excluding hydrogens is 372 g/mol. The predicted molar refractivity (Wildman–Crippen MR) is 111 cm³/mol. The van der Waals surface area contributed by atoms with Crippen LogP contribution < -0.4 is 0 Å². The number of aromatic nitrogens is 4. The maximum absolute atomic E-state index is 6.33. The van der Waals surface area contributed by atoms with E-state index in [9.17, 15) is 0 Å². The Balaban J connectivity index is 1.75. The molecule has 1 saturated heterocycles. The van der Waals surface area contributed by atoms with Gasteiger partial charge in [-0.3, -0.25) is 9.97 Å². The second kappa shape index (κ2) is 7.15. The number of hydrogen-bond acceptors (Lipinski definition) is 4. The van der Waals surface area contributed by atoms with Gasteiger partial charge in [0, 0.05) is 41.4 Å². The standard InChI is InChI=1S/C22H21ClN4O/c1-14-10-17(7-9-28-14)27-21(12-16-4-2-3-8-24-16)26-20-13-25-19-6-5-15(23)11-18(19)22(20)27/h2-6,8,11,13-14,17H,7,9-10,12H2,1H3/t14-,17?/m1/s1. The van der Waals surface area contributed by atoms with Crippen LogP contribution in [0.4, 0.5) is 0 Å². The number of rotatable bonds is 3. The fraction of sp³-hybridized carbons (Fsp3) is 0.318. The van der Waals surface area contributed by atoms with Crippen molar-refractivity contribution in [3.8, 4) is 0 Å². The van der Waals surface area contributed by atoms with Gasteiger partial charge in [-0.15, -0.1) is 0 Å². The summed E-state index contributed by atoms with van der Waals surface area (Å²) in [6.45, 7) is 2.90. The number of hydrogen-bond donors (Lipinski definition) is 0. The zero-order valence-corrected chi connectivity index (χ0v) is 16.4. The van der Waals surface area contributed by atoms with Crippen molar-refractivity contribution in [2.75, 3.05) is 6.61 Å². The number of benzene rings is 1. The Kier molecular flexibility index (Phi) is 4.49. The summed E-state index contributed by atoms with van der Waals surface area (Å²) in [5, 5.41) is 1.75. The second-order valence-electron chi connectivity index (χ2n) is 7.41. The van der Waals surface area contributed by atoms with Crippen molar-refractivity contribution in [1.29, 1.82) is 0 Å². The maximum atomic E-state index is 6.33. The highest BCUT2D eigenvalue weighted by Crippen LogP contribution is 2.34. The van der Waals surface area contributed by atoms with Crippen LogP contribution in [0.15, 0.2) is 48.8 Å². The molecule has 5 nitrogen and oxygen atoms in total. The van der Waals surface area contributed by atoms with Crippen molar-refractivity contribution in [3.63, 3.8) is 0 Å². The van der Waals surface area contributed by atoms with Crippen LogP contribution >= 0.6 is 11.6 Å². The largest absolute Gasteiger partial charge is 0.378 e. The van der Waals surface area contributed by atoms with E-state index >= 15 is 0 Å². The number of pyridine rings is 2. The number of nitrogens with zero attached hydrogens (tertiary/aromatic N) is 4. The second-order valence-corrected chi connectivity index (χ2v) is 7.85. The van der Waals surface area contributed by atoms with E-state index in [-0.39, 0.29) is 6.10 Å². The molecule has 0 aliphatic carbocycles. The normalized spacial score (nSPS) is 20.1. The Bertz CT molecular complexity index is 1140. The lowest BCUT2D eigenvalue weighted by molar-refractivity contribution is 0.00631. The van der Waals surface area contributed by atoms with Crippen molar-refractivity contribution in [2.45, 2.75) is 38.3 Å². The summed E-state index contributed by atoms with van der Waals surface area (Å²) in [5.41, 5.74) is 3.95. The number of fused-ring (bicyclic) bond motifs is 3. The minimum atomic E-state index is 0.232. The molecule has 0 bridgehead atoms. The SMILES string of the molecule is C[C@@H]1CC(n2c(Cc3ccccn3)nc3cnc4ccc(Cl)cc4c32)CCO1. The summed E-state index contributed by atoms with van der Waals surface area (Å²) >= 11 is 6.33. The van der Waals surface area contributed by atoms with Crippen LogP contribution in [-0.4, -0.2) is 32.2 Å². The molecule has 1 aliphatic heterocycles. The molecule has 142 valence electrons. The first-order valence-electron chi connectivity index (χ1n) is 9.65. The first-order valence-corrected chi connectivity index (χ1v) is 10.0. The van der Waals surface area contributed by atoms with Gasteiger partial charge >= 0.3 is 0 Å². The Morgan fingerprint density at radius 2 is 2.11 bits per heavy atom. The highest BCUT2D eigenvalue weighted by atomic mass is 35.5. The quantitative estimate of drug-likeness (QED) is 0.494. The maximum Gasteiger partial charge on any atom is 0.116 e. The number of ether oxygens (including phenoxy) is 1. The summed E-state index contributed by atoms with van der Waals surface area (Å²) in [6, 6.07) is 12.2. The highest BCUT2D eigenvalue weighted by Gasteiger charge is 2.26. The minimum Gasteiger partial charge on any atom is -0.378 e. The molecule has 6 heteroatoms. The van der Waals surface area contributed by atoms with Crippen LogP contribution in [0.2, 0.25) is 5.02 Å². The predicted octanol–water partition coefficient (Wildman–Crippen LogP) is 4.96. The van der Waals surface area contributed by atoms with Gasteiger partial charge in [0.1, 0.15) is 11.3 Å². The zero-order valence-electron chi connectivity index (χ0n) is 15.7. The van der Waals surface area contributed by atoms with Gasteiger partial charge in [-0.2, -0.15) is 0 Å². The van der Waals surface area contributed by atoms with E-state index < -0.39 is 0 Å². The summed E-state index contributed by atoms with van der Waals surface area (Å²) in [7, 11) is 0. The minimum absolute atomic E-state index is 0.232. The zero-order chi connectivity index (χ0) is 19.1. The molecule has 3 aromatic heterocycles. The van der Waals surface area contributed by atoms with Crippen LogP contribution in [-0.2, 0) is 11.2 Å². The van der Waals surface area contributed by atoms with Crippen LogP contribution in [0, 0.1) is 0 Å². The fourth-order valence-electron chi connectivity index (χ4n) is 4.19. The molecule has 1 aliphatic rings. The van der Waals surface area contributed by atoms with Gasteiger partial charge in [0.25, 0.3) is 0 Å². The van der Waals surface area contributed by atoms with Crippen LogP contribution in [0.1, 0.15) is 37.3 Å². The van der Waals surface area contributed by atoms with Gasteiger partial charge < -0.3 is 9.30 Å². The highest BCUT2D eigenvalue weighted by molar-refractivity contribution is 6.31. The van der Waals surface area contributed by atoms with Gasteiger partial charge in [-0.05, 0) is 50.1 Å². The molecule has 0 N–H and O–H groups in total. The van der Waals surface area contributed by atoms with E-state index in [0.29, 0.717) is 17.5 Å². The van der Waals surface area contributed by atoms with Crippen LogP contribution in [0.3, 0.4) is 0 Å². The van der Waals surface area contributed by atoms with Gasteiger partial charge in [0.15, 0.2) is 0 Å². The van der Waals surface area contributed by atoms with E-state index in [4.69, 9.17) is 21.3 Å². The van der Waals surface area contributed by atoms with Crippen LogP contribution in [0.25, 0.3) is 21.9 Å². The van der Waals surface area contributed by atoms with E-state index in [0.717, 1.165) is 52.9 Å². The summed E-state index contributed by atoms with van der Waals surface area (Å²) in [5.74, 6) is 1.02. The number of imidazole rings is 1. The third kappa shape index (κ3) is 3.15. The molecule has 1 fully saturated rings. The molecule has 2 atom stereocenters. The summed E-state index contributed by atoms with van der Waals surface area (Å²) < 4.78 is 8.20. The third-order valence-electron chi connectivity index (χ3n) is 5.44. The average Bonchev–Trinajstić information content (AvgIpc) is 3.07. The topological polar surface area (TPSA) is 52.8 Å². The van der Waals surface area contributed by atoms with Crippen molar-refractivity contribution in [2.24, 2.45) is 0 Å². The van der Waals surface area contributed by atoms with Crippen molar-refractivity contribution in [3.05, 3.63) is 65.3 Å². The average molecular weight is 393 g/mol. The molecule has 4 heterocycles. The Hall–Kier alpha value is -2.50. The summed E-state index contributed by atoms with van der Waals surface area (Å²) in [4.78, 5) is 14.1. The molecule has 0 saturated carbocycles. The molecule has 0 spiro atoms. The summed E-state index contributed by atoms with van der Waals surface area (Å²) in [6.07, 6.45) is 6.54. The molecule has 28 heavy (non-hydrogen) atoms. The van der Waals surface area contributed by atoms with Gasteiger partial charge in [0.2, 0.25) is 0 Å². The first kappa shape index (κ1) is 17.6. The van der Waals surface area contributed by atoms with E-state index in [2.05, 4.69) is 21.5 Å². The lowest BCUT2D eigenvalue weighted by Crippen LogP contribution is -2.26. The molecule has 1 unspecified atom stereocenters. The van der Waals surface area contributed by atoms with Crippen LogP contribution in [0.5, 0.6) is 0 Å². The lowest BCUT2D eigenvalue weighted by Gasteiger charge is -2.30. The molecular formula is C22H21ClN4O. The third-order valence-corrected chi connectivity index (χ3v) is 5.67. The molecule has 5 rings (SSSR count). The first-order chi connectivity index (χ1) is 13.7. The van der Waals surface area contributed by atoms with Gasteiger partial charge in [0.05, 0.1) is 23.3 Å². The van der Waals surface area contributed by atoms with Gasteiger partial charge in [-0.25, -0.2) is 4.98 Å². The van der Waals surface area contributed by atoms with Crippen molar-refractivity contribution < 1.29 is 4.74 Å². The Morgan fingerprint density at radius 3 is 2.93 bits per heavy atom. The smallest absolute Gasteiger partial charge is 0.116 e. The monoisotopic (exact) mass is 392 g/mol. The molecule has 0 amide bonds. The Morgan fingerprint density at radius 1 is 1.18 bits per heavy atom. The number of halogens is 1. The van der Waals surface area contributed by atoms with Gasteiger partial charge in [-0.1, -0.05) is 17.7 Å². The van der Waals surface area contributed by atoms with E-state index in [1.165, 1.54) is 0 Å². The van der Waals surface area contributed by atoms with E-state index in [1.54, 1.807) is 0 Å². The molecule has 4 aromatic rings.